The molecule has 0 bridgehead atoms. The van der Waals surface area contributed by atoms with Crippen molar-refractivity contribution in [3.63, 3.8) is 0 Å². The summed E-state index contributed by atoms with van der Waals surface area (Å²) in [6.07, 6.45) is 0.264. The molecule has 0 saturated carbocycles. The van der Waals surface area contributed by atoms with Gasteiger partial charge in [0.25, 0.3) is 0 Å². The van der Waals surface area contributed by atoms with Crippen LogP contribution in [0.5, 0.6) is 5.75 Å². The number of para-hydroxylation sites is 2. The highest BCUT2D eigenvalue weighted by atomic mass is 16.3. The topological polar surface area (TPSA) is 66.0 Å². The summed E-state index contributed by atoms with van der Waals surface area (Å²) in [5.41, 5.74) is 2.50. The summed E-state index contributed by atoms with van der Waals surface area (Å²) >= 11 is 0. The first-order valence-electron chi connectivity index (χ1n) is 5.98. The van der Waals surface area contributed by atoms with Gasteiger partial charge in [-0.05, 0) is 29.8 Å². The SMILES string of the molecule is O=C(Cc1ccc(O)cc1)c1nc2ccccc2[nH]1. The molecule has 0 amide bonds. The van der Waals surface area contributed by atoms with Crippen LogP contribution in [0.3, 0.4) is 0 Å². The number of phenolic OH excluding ortho intramolecular Hbond substituents is 1. The number of aromatic nitrogens is 2. The number of aromatic hydroxyl groups is 1. The van der Waals surface area contributed by atoms with E-state index in [1.54, 1.807) is 24.3 Å². The Kier molecular flexibility index (Phi) is 2.76. The summed E-state index contributed by atoms with van der Waals surface area (Å²) in [6, 6.07) is 14.1. The van der Waals surface area contributed by atoms with Crippen LogP contribution in [0, 0.1) is 0 Å². The first-order valence-corrected chi connectivity index (χ1v) is 5.98. The number of H-pyrrole nitrogens is 1. The molecule has 0 radical (unpaired) electrons. The number of Topliss-reactive ketones (excluding diaryl/α,β-unsaturated/α-hetero) is 1. The van der Waals surface area contributed by atoms with E-state index in [1.165, 1.54) is 0 Å². The molecule has 2 aromatic carbocycles. The Balaban J connectivity index is 1.85. The molecule has 0 aliphatic rings. The van der Waals surface area contributed by atoms with Crippen molar-refractivity contribution >= 4 is 16.8 Å². The summed E-state index contributed by atoms with van der Waals surface area (Å²) in [5, 5.41) is 9.20. The zero-order valence-corrected chi connectivity index (χ0v) is 10.1. The van der Waals surface area contributed by atoms with Crippen LogP contribution in [0.2, 0.25) is 0 Å². The number of nitrogens with one attached hydrogen (secondary N) is 1. The highest BCUT2D eigenvalue weighted by Crippen LogP contribution is 2.14. The van der Waals surface area contributed by atoms with Gasteiger partial charge in [0, 0.05) is 6.42 Å². The number of aromatic amines is 1. The number of benzene rings is 2. The van der Waals surface area contributed by atoms with Crippen LogP contribution in [0.4, 0.5) is 0 Å². The van der Waals surface area contributed by atoms with Gasteiger partial charge in [-0.25, -0.2) is 4.98 Å². The smallest absolute Gasteiger partial charge is 0.202 e. The minimum absolute atomic E-state index is 0.0677. The molecule has 0 saturated heterocycles. The lowest BCUT2D eigenvalue weighted by Crippen LogP contribution is -2.05. The molecule has 19 heavy (non-hydrogen) atoms. The molecule has 0 aliphatic carbocycles. The Labute approximate surface area is 109 Å². The molecule has 0 fully saturated rings. The second-order valence-electron chi connectivity index (χ2n) is 4.37. The van der Waals surface area contributed by atoms with Crippen LogP contribution in [-0.2, 0) is 6.42 Å². The lowest BCUT2D eigenvalue weighted by molar-refractivity contribution is 0.0984. The van der Waals surface area contributed by atoms with Crippen LogP contribution in [0.1, 0.15) is 16.2 Å². The van der Waals surface area contributed by atoms with Crippen molar-refractivity contribution in [1.29, 1.82) is 0 Å². The number of hydrogen-bond acceptors (Lipinski definition) is 3. The van der Waals surface area contributed by atoms with E-state index in [9.17, 15) is 9.90 Å². The Morgan fingerprint density at radius 1 is 1.11 bits per heavy atom. The fourth-order valence-corrected chi connectivity index (χ4v) is 1.97. The van der Waals surface area contributed by atoms with Crippen molar-refractivity contribution in [1.82, 2.24) is 9.97 Å². The van der Waals surface area contributed by atoms with Crippen LogP contribution in [0.25, 0.3) is 11.0 Å². The van der Waals surface area contributed by atoms with Gasteiger partial charge in [-0.2, -0.15) is 0 Å². The molecule has 4 heteroatoms. The molecule has 94 valence electrons. The van der Waals surface area contributed by atoms with Crippen LogP contribution in [0.15, 0.2) is 48.5 Å². The normalized spacial score (nSPS) is 10.7. The maximum atomic E-state index is 12.1. The molecule has 1 heterocycles. The fourth-order valence-electron chi connectivity index (χ4n) is 1.97. The van der Waals surface area contributed by atoms with Crippen molar-refractivity contribution < 1.29 is 9.90 Å². The maximum absolute atomic E-state index is 12.1. The lowest BCUT2D eigenvalue weighted by atomic mass is 10.1. The molecule has 0 atom stereocenters. The predicted octanol–water partition coefficient (Wildman–Crippen LogP) is 2.69. The second-order valence-corrected chi connectivity index (χ2v) is 4.37. The number of phenols is 1. The highest BCUT2D eigenvalue weighted by molar-refractivity contribution is 5.97. The van der Waals surface area contributed by atoms with Gasteiger partial charge in [-0.1, -0.05) is 24.3 Å². The molecule has 2 N–H and O–H groups in total. The maximum Gasteiger partial charge on any atom is 0.202 e. The minimum Gasteiger partial charge on any atom is -0.508 e. The number of imidazole rings is 1. The number of hydrogen-bond donors (Lipinski definition) is 2. The number of fused-ring (bicyclic) bond motifs is 1. The van der Waals surface area contributed by atoms with Crippen LogP contribution >= 0.6 is 0 Å². The van der Waals surface area contributed by atoms with E-state index in [4.69, 9.17) is 0 Å². The Hall–Kier alpha value is -2.62. The monoisotopic (exact) mass is 252 g/mol. The largest absolute Gasteiger partial charge is 0.508 e. The first kappa shape index (κ1) is 11.5. The van der Waals surface area contributed by atoms with Gasteiger partial charge in [0.2, 0.25) is 5.78 Å². The van der Waals surface area contributed by atoms with Gasteiger partial charge >= 0.3 is 0 Å². The van der Waals surface area contributed by atoms with E-state index in [0.29, 0.717) is 5.82 Å². The fraction of sp³-hybridized carbons (Fsp3) is 0.0667. The van der Waals surface area contributed by atoms with Crippen LogP contribution < -0.4 is 0 Å². The first-order chi connectivity index (χ1) is 9.22. The van der Waals surface area contributed by atoms with Crippen molar-refractivity contribution in [2.45, 2.75) is 6.42 Å². The Morgan fingerprint density at radius 3 is 2.58 bits per heavy atom. The third-order valence-electron chi connectivity index (χ3n) is 2.95. The van der Waals surface area contributed by atoms with E-state index >= 15 is 0 Å². The van der Waals surface area contributed by atoms with E-state index in [2.05, 4.69) is 9.97 Å². The Bertz CT molecular complexity index is 696. The third kappa shape index (κ3) is 2.33. The molecule has 0 unspecified atom stereocenters. The summed E-state index contributed by atoms with van der Waals surface area (Å²) in [7, 11) is 0. The van der Waals surface area contributed by atoms with Gasteiger partial charge in [0.1, 0.15) is 5.75 Å². The zero-order chi connectivity index (χ0) is 13.2. The van der Waals surface area contributed by atoms with Crippen molar-refractivity contribution in [2.24, 2.45) is 0 Å². The number of nitrogens with zero attached hydrogens (tertiary/aromatic N) is 1. The van der Waals surface area contributed by atoms with Gasteiger partial charge in [0.15, 0.2) is 5.82 Å². The summed E-state index contributed by atoms with van der Waals surface area (Å²) in [4.78, 5) is 19.4. The van der Waals surface area contributed by atoms with Crippen molar-refractivity contribution in [3.8, 4) is 5.75 Å². The summed E-state index contributed by atoms with van der Waals surface area (Å²) < 4.78 is 0. The zero-order valence-electron chi connectivity index (χ0n) is 10.1. The van der Waals surface area contributed by atoms with Gasteiger partial charge < -0.3 is 10.1 Å². The summed E-state index contributed by atoms with van der Waals surface area (Å²) in [6.45, 7) is 0. The van der Waals surface area contributed by atoms with E-state index in [0.717, 1.165) is 16.6 Å². The molecular weight excluding hydrogens is 240 g/mol. The average Bonchev–Trinajstić information content (AvgIpc) is 2.85. The highest BCUT2D eigenvalue weighted by Gasteiger charge is 2.11. The molecule has 3 aromatic rings. The minimum atomic E-state index is -0.0677. The number of rotatable bonds is 3. The molecule has 1 aromatic heterocycles. The number of carbonyl (C=O) groups excluding carboxylic acids is 1. The molecular formula is C15H12N2O2. The standard InChI is InChI=1S/C15H12N2O2/c18-11-7-5-10(6-8-11)9-14(19)15-16-12-3-1-2-4-13(12)17-15/h1-8,18H,9H2,(H,16,17). The van der Waals surface area contributed by atoms with Crippen LogP contribution in [-0.4, -0.2) is 20.9 Å². The predicted molar refractivity (Wildman–Crippen MR) is 72.2 cm³/mol. The van der Waals surface area contributed by atoms with Crippen molar-refractivity contribution in [2.75, 3.05) is 0 Å². The molecule has 0 spiro atoms. The Morgan fingerprint density at radius 2 is 1.84 bits per heavy atom. The second kappa shape index (κ2) is 4.57. The molecule has 0 aliphatic heterocycles. The number of ketones is 1. The van der Waals surface area contributed by atoms with E-state index < -0.39 is 0 Å². The summed E-state index contributed by atoms with van der Waals surface area (Å²) in [5.74, 6) is 0.496. The van der Waals surface area contributed by atoms with E-state index in [1.807, 2.05) is 24.3 Å². The molecule has 3 rings (SSSR count). The quantitative estimate of drug-likeness (QED) is 0.704. The third-order valence-corrected chi connectivity index (χ3v) is 2.95. The number of carbonyl (C=O) groups is 1. The van der Waals surface area contributed by atoms with Gasteiger partial charge in [-0.3, -0.25) is 4.79 Å². The lowest BCUT2D eigenvalue weighted by Gasteiger charge is -1.99. The van der Waals surface area contributed by atoms with Gasteiger partial charge in [0.05, 0.1) is 11.0 Å². The molecule has 4 nitrogen and oxygen atoms in total. The van der Waals surface area contributed by atoms with Gasteiger partial charge in [-0.15, -0.1) is 0 Å². The van der Waals surface area contributed by atoms with Crippen molar-refractivity contribution in [3.05, 3.63) is 59.9 Å². The van der Waals surface area contributed by atoms with E-state index in [-0.39, 0.29) is 18.0 Å². The average molecular weight is 252 g/mol.